The average molecular weight is 307 g/mol. The average Bonchev–Trinajstić information content (AvgIpc) is 2.80. The van der Waals surface area contributed by atoms with Gasteiger partial charge in [0.1, 0.15) is 17.5 Å². The molecule has 1 atom stereocenters. The smallest absolute Gasteiger partial charge is 0.126 e. The minimum absolute atomic E-state index is 0.298. The van der Waals surface area contributed by atoms with E-state index in [1.807, 2.05) is 6.07 Å². The van der Waals surface area contributed by atoms with Crippen LogP contribution >= 0.6 is 11.3 Å². The summed E-state index contributed by atoms with van der Waals surface area (Å²) >= 11 is 1.46. The van der Waals surface area contributed by atoms with Gasteiger partial charge in [-0.25, -0.2) is 13.2 Å². The monoisotopic (exact) mass is 307 g/mol. The first-order chi connectivity index (χ1) is 10.0. The Morgan fingerprint density at radius 1 is 0.905 bits per heavy atom. The minimum Gasteiger partial charge on any atom is -0.323 e. The van der Waals surface area contributed by atoms with Gasteiger partial charge in [-0.3, -0.25) is 0 Å². The van der Waals surface area contributed by atoms with Gasteiger partial charge in [0, 0.05) is 21.7 Å². The molecule has 0 aliphatic heterocycles. The van der Waals surface area contributed by atoms with E-state index in [0.717, 1.165) is 21.0 Å². The van der Waals surface area contributed by atoms with E-state index in [-0.39, 0.29) is 11.9 Å². The highest BCUT2D eigenvalue weighted by molar-refractivity contribution is 7.19. The van der Waals surface area contributed by atoms with E-state index < -0.39 is 11.6 Å². The fourth-order valence-corrected chi connectivity index (χ4v) is 3.35. The van der Waals surface area contributed by atoms with Gasteiger partial charge in [0.05, 0.1) is 0 Å². The van der Waals surface area contributed by atoms with Crippen LogP contribution in [0.2, 0.25) is 0 Å². The lowest BCUT2D eigenvalue weighted by atomic mass is 10.0. The second-order valence-electron chi connectivity index (χ2n) is 4.92. The van der Waals surface area contributed by atoms with Crippen LogP contribution < -0.4 is 5.73 Å². The summed E-state index contributed by atoms with van der Waals surface area (Å²) in [5, 5.41) is 0.788. The fraction of sp³-hybridized carbons (Fsp3) is 0.125. The second-order valence-corrected chi connectivity index (χ2v) is 6.03. The van der Waals surface area contributed by atoms with E-state index in [1.165, 1.54) is 35.6 Å². The molecular formula is C16H12F3NS. The van der Waals surface area contributed by atoms with Crippen LogP contribution in [-0.2, 0) is 6.42 Å². The van der Waals surface area contributed by atoms with Crippen LogP contribution in [0.4, 0.5) is 13.2 Å². The molecule has 0 bridgehead atoms. The Morgan fingerprint density at radius 3 is 2.33 bits per heavy atom. The third-order valence-corrected chi connectivity index (χ3v) is 4.49. The van der Waals surface area contributed by atoms with Crippen molar-refractivity contribution in [2.75, 3.05) is 0 Å². The number of benzene rings is 2. The van der Waals surface area contributed by atoms with Gasteiger partial charge in [-0.2, -0.15) is 0 Å². The predicted molar refractivity (Wildman–Crippen MR) is 78.8 cm³/mol. The summed E-state index contributed by atoms with van der Waals surface area (Å²) < 4.78 is 40.5. The Balaban J connectivity index is 1.87. The van der Waals surface area contributed by atoms with Crippen LogP contribution in [-0.4, -0.2) is 0 Å². The van der Waals surface area contributed by atoms with Gasteiger partial charge in [0.25, 0.3) is 0 Å². The van der Waals surface area contributed by atoms with E-state index in [0.29, 0.717) is 12.0 Å². The van der Waals surface area contributed by atoms with E-state index >= 15 is 0 Å². The van der Waals surface area contributed by atoms with Crippen LogP contribution in [0.5, 0.6) is 0 Å². The molecule has 0 aliphatic rings. The van der Waals surface area contributed by atoms with Crippen molar-refractivity contribution in [3.63, 3.8) is 0 Å². The summed E-state index contributed by atoms with van der Waals surface area (Å²) in [5.41, 5.74) is 6.60. The third kappa shape index (κ3) is 3.09. The van der Waals surface area contributed by atoms with Crippen molar-refractivity contribution in [3.05, 3.63) is 70.4 Å². The van der Waals surface area contributed by atoms with Gasteiger partial charge in [-0.15, -0.1) is 11.3 Å². The molecule has 1 heterocycles. The Morgan fingerprint density at radius 2 is 1.62 bits per heavy atom. The number of hydrogen-bond acceptors (Lipinski definition) is 2. The lowest BCUT2D eigenvalue weighted by Gasteiger charge is -2.09. The van der Waals surface area contributed by atoms with Gasteiger partial charge in [0.2, 0.25) is 0 Å². The fourth-order valence-electron chi connectivity index (χ4n) is 2.30. The molecule has 0 aliphatic carbocycles. The molecule has 1 unspecified atom stereocenters. The third-order valence-electron chi connectivity index (χ3n) is 3.24. The summed E-state index contributed by atoms with van der Waals surface area (Å²) in [6.07, 6.45) is 0.323. The minimum atomic E-state index is -0.615. The Kier molecular flexibility index (Phi) is 3.69. The standard InChI is InChI=1S/C16H12F3NS/c17-11-1-2-15-10(6-11)7-16(21-15)14(20)5-9-3-12(18)8-13(19)4-9/h1-4,6-8,14H,5,20H2. The quantitative estimate of drug-likeness (QED) is 0.754. The second kappa shape index (κ2) is 5.50. The highest BCUT2D eigenvalue weighted by Crippen LogP contribution is 2.31. The summed E-state index contributed by atoms with van der Waals surface area (Å²) in [6.45, 7) is 0. The van der Waals surface area contributed by atoms with Crippen molar-refractivity contribution >= 4 is 21.4 Å². The van der Waals surface area contributed by atoms with Crippen molar-refractivity contribution in [1.29, 1.82) is 0 Å². The molecule has 5 heteroatoms. The molecule has 2 aromatic carbocycles. The maximum Gasteiger partial charge on any atom is 0.126 e. The highest BCUT2D eigenvalue weighted by atomic mass is 32.1. The molecule has 0 saturated heterocycles. The molecule has 0 radical (unpaired) electrons. The van der Waals surface area contributed by atoms with E-state index in [2.05, 4.69) is 0 Å². The van der Waals surface area contributed by atoms with Crippen LogP contribution in [0.3, 0.4) is 0 Å². The first-order valence-electron chi connectivity index (χ1n) is 6.41. The molecule has 0 spiro atoms. The van der Waals surface area contributed by atoms with Crippen LogP contribution in [0.1, 0.15) is 16.5 Å². The summed E-state index contributed by atoms with van der Waals surface area (Å²) in [6, 6.07) is 9.37. The molecule has 2 N–H and O–H groups in total. The van der Waals surface area contributed by atoms with Gasteiger partial charge >= 0.3 is 0 Å². The number of thiophene rings is 1. The summed E-state index contributed by atoms with van der Waals surface area (Å²) in [4.78, 5) is 0.861. The van der Waals surface area contributed by atoms with Gasteiger partial charge in [-0.1, -0.05) is 0 Å². The van der Waals surface area contributed by atoms with Crippen molar-refractivity contribution in [3.8, 4) is 0 Å². The lowest BCUT2D eigenvalue weighted by Crippen LogP contribution is -2.12. The van der Waals surface area contributed by atoms with E-state index in [1.54, 1.807) is 6.07 Å². The SMILES string of the molecule is NC(Cc1cc(F)cc(F)c1)c1cc2cc(F)ccc2s1. The van der Waals surface area contributed by atoms with Crippen molar-refractivity contribution in [2.45, 2.75) is 12.5 Å². The van der Waals surface area contributed by atoms with Crippen molar-refractivity contribution in [2.24, 2.45) is 5.73 Å². The van der Waals surface area contributed by atoms with E-state index in [9.17, 15) is 13.2 Å². The van der Waals surface area contributed by atoms with Gasteiger partial charge in [0.15, 0.2) is 0 Å². The molecular weight excluding hydrogens is 295 g/mol. The first-order valence-corrected chi connectivity index (χ1v) is 7.22. The molecule has 0 saturated carbocycles. The number of fused-ring (bicyclic) bond motifs is 1. The van der Waals surface area contributed by atoms with Crippen LogP contribution in [0, 0.1) is 17.5 Å². The van der Waals surface area contributed by atoms with Gasteiger partial charge in [-0.05, 0) is 53.8 Å². The first kappa shape index (κ1) is 14.1. The van der Waals surface area contributed by atoms with E-state index in [4.69, 9.17) is 5.73 Å². The number of halogens is 3. The van der Waals surface area contributed by atoms with Crippen molar-refractivity contribution < 1.29 is 13.2 Å². The zero-order valence-electron chi connectivity index (χ0n) is 10.9. The molecule has 1 aromatic heterocycles. The number of hydrogen-bond donors (Lipinski definition) is 1. The lowest BCUT2D eigenvalue weighted by molar-refractivity contribution is 0.577. The summed E-state index contributed by atoms with van der Waals surface area (Å²) in [5.74, 6) is -1.53. The molecule has 108 valence electrons. The summed E-state index contributed by atoms with van der Waals surface area (Å²) in [7, 11) is 0. The van der Waals surface area contributed by atoms with Crippen molar-refractivity contribution in [1.82, 2.24) is 0 Å². The maximum atomic E-state index is 13.2. The normalized spacial score (nSPS) is 12.8. The zero-order chi connectivity index (χ0) is 15.0. The van der Waals surface area contributed by atoms with Crippen LogP contribution in [0.15, 0.2) is 42.5 Å². The molecule has 0 fully saturated rings. The largest absolute Gasteiger partial charge is 0.323 e. The Hall–Kier alpha value is -1.85. The topological polar surface area (TPSA) is 26.0 Å². The maximum absolute atomic E-state index is 13.2. The number of rotatable bonds is 3. The molecule has 3 aromatic rings. The molecule has 3 rings (SSSR count). The molecule has 21 heavy (non-hydrogen) atoms. The molecule has 1 nitrogen and oxygen atoms in total. The Bertz CT molecular complexity index is 777. The predicted octanol–water partition coefficient (Wildman–Crippen LogP) is 4.56. The Labute approximate surface area is 123 Å². The molecule has 0 amide bonds. The number of nitrogens with two attached hydrogens (primary N) is 1. The van der Waals surface area contributed by atoms with Crippen LogP contribution in [0.25, 0.3) is 10.1 Å². The highest BCUT2D eigenvalue weighted by Gasteiger charge is 2.12. The zero-order valence-corrected chi connectivity index (χ0v) is 11.8. The van der Waals surface area contributed by atoms with Gasteiger partial charge < -0.3 is 5.73 Å².